The number of nitrogens with two attached hydrogens (primary N) is 1. The number of carbonyl (C=O) groups is 1. The van der Waals surface area contributed by atoms with Crippen LogP contribution in [-0.4, -0.2) is 12.5 Å². The Morgan fingerprint density at radius 1 is 1.24 bits per heavy atom. The van der Waals surface area contributed by atoms with Gasteiger partial charge in [0.2, 0.25) is 0 Å². The van der Waals surface area contributed by atoms with Crippen molar-refractivity contribution >= 4 is 49.1 Å². The number of hydrogen-bond acceptors (Lipinski definition) is 3. The Kier molecular flexibility index (Phi) is 5.19. The van der Waals surface area contributed by atoms with Crippen LogP contribution in [-0.2, 0) is 4.79 Å². The summed E-state index contributed by atoms with van der Waals surface area (Å²) in [5.74, 6) is -0.582. The largest absolute Gasteiger partial charge is 0.480 e. The monoisotopic (exact) mass is 416 g/mol. The van der Waals surface area contributed by atoms with Gasteiger partial charge in [-0.15, -0.1) is 0 Å². The Balaban J connectivity index is 1.97. The number of benzene rings is 2. The summed E-state index contributed by atoms with van der Waals surface area (Å²) in [6, 6.07) is 9.48. The molecule has 0 radical (unpaired) electrons. The summed E-state index contributed by atoms with van der Waals surface area (Å²) in [5, 5.41) is 2.67. The topological polar surface area (TPSA) is 64.3 Å². The first-order chi connectivity index (χ1) is 9.95. The molecule has 0 aliphatic heterocycles. The van der Waals surface area contributed by atoms with E-state index < -0.39 is 5.82 Å². The van der Waals surface area contributed by atoms with E-state index in [9.17, 15) is 9.18 Å². The number of halogens is 3. The van der Waals surface area contributed by atoms with Gasteiger partial charge in [0.05, 0.1) is 10.2 Å². The third kappa shape index (κ3) is 4.44. The fourth-order valence-corrected chi connectivity index (χ4v) is 2.43. The van der Waals surface area contributed by atoms with Gasteiger partial charge in [-0.2, -0.15) is 0 Å². The standard InChI is InChI=1S/C14H11Br2FN2O2/c15-8-1-3-10(4-2-8)19-13(20)7-21-14-11(16)5-9(17)6-12(14)18/h1-6H,7,18H2,(H,19,20). The molecule has 0 spiro atoms. The second kappa shape index (κ2) is 6.91. The van der Waals surface area contributed by atoms with E-state index in [1.54, 1.807) is 12.1 Å². The van der Waals surface area contributed by atoms with Crippen molar-refractivity contribution in [2.24, 2.45) is 0 Å². The second-order valence-corrected chi connectivity index (χ2v) is 5.92. The predicted octanol–water partition coefficient (Wildman–Crippen LogP) is 3.95. The lowest BCUT2D eigenvalue weighted by atomic mass is 10.3. The maximum absolute atomic E-state index is 13.1. The minimum absolute atomic E-state index is 0.123. The number of nitrogen functional groups attached to an aromatic ring is 1. The van der Waals surface area contributed by atoms with E-state index in [4.69, 9.17) is 10.5 Å². The minimum Gasteiger partial charge on any atom is -0.480 e. The Labute approximate surface area is 137 Å². The van der Waals surface area contributed by atoms with Gasteiger partial charge in [-0.05, 0) is 46.3 Å². The van der Waals surface area contributed by atoms with Crippen LogP contribution < -0.4 is 15.8 Å². The van der Waals surface area contributed by atoms with E-state index in [1.165, 1.54) is 6.07 Å². The highest BCUT2D eigenvalue weighted by atomic mass is 79.9. The molecule has 2 rings (SSSR count). The molecular weight excluding hydrogens is 407 g/mol. The second-order valence-electron chi connectivity index (χ2n) is 4.15. The zero-order chi connectivity index (χ0) is 15.4. The van der Waals surface area contributed by atoms with Crippen molar-refractivity contribution in [3.05, 3.63) is 51.2 Å². The van der Waals surface area contributed by atoms with Crippen LogP contribution in [0.3, 0.4) is 0 Å². The number of anilines is 2. The molecule has 0 unspecified atom stereocenters. The molecule has 21 heavy (non-hydrogen) atoms. The fourth-order valence-electron chi connectivity index (χ4n) is 1.60. The van der Waals surface area contributed by atoms with Crippen LogP contribution in [0.5, 0.6) is 5.75 Å². The van der Waals surface area contributed by atoms with Crippen LogP contribution in [0.25, 0.3) is 0 Å². The molecule has 2 aromatic rings. The van der Waals surface area contributed by atoms with Gasteiger partial charge in [0, 0.05) is 16.2 Å². The highest BCUT2D eigenvalue weighted by molar-refractivity contribution is 9.10. The van der Waals surface area contributed by atoms with Gasteiger partial charge in [0.15, 0.2) is 12.4 Å². The first-order valence-corrected chi connectivity index (χ1v) is 7.47. The highest BCUT2D eigenvalue weighted by Gasteiger charge is 2.11. The first kappa shape index (κ1) is 15.8. The van der Waals surface area contributed by atoms with E-state index in [0.717, 1.165) is 10.5 Å². The van der Waals surface area contributed by atoms with E-state index in [0.29, 0.717) is 10.2 Å². The lowest BCUT2D eigenvalue weighted by Crippen LogP contribution is -2.20. The lowest BCUT2D eigenvalue weighted by Gasteiger charge is -2.11. The van der Waals surface area contributed by atoms with Gasteiger partial charge in [0.1, 0.15) is 5.82 Å². The van der Waals surface area contributed by atoms with Gasteiger partial charge in [-0.25, -0.2) is 4.39 Å². The summed E-state index contributed by atoms with van der Waals surface area (Å²) in [6.07, 6.45) is 0. The van der Waals surface area contributed by atoms with Gasteiger partial charge in [-0.3, -0.25) is 4.79 Å². The smallest absolute Gasteiger partial charge is 0.262 e. The van der Waals surface area contributed by atoms with Crippen molar-refractivity contribution in [1.82, 2.24) is 0 Å². The third-order valence-corrected chi connectivity index (χ3v) is 3.63. The molecule has 3 N–H and O–H groups in total. The summed E-state index contributed by atoms with van der Waals surface area (Å²) in [7, 11) is 0. The maximum Gasteiger partial charge on any atom is 0.262 e. The molecule has 0 bridgehead atoms. The SMILES string of the molecule is Nc1cc(F)cc(Br)c1OCC(=O)Nc1ccc(Br)cc1. The molecule has 2 aromatic carbocycles. The van der Waals surface area contributed by atoms with Gasteiger partial charge < -0.3 is 15.8 Å². The third-order valence-electron chi connectivity index (χ3n) is 2.51. The molecule has 0 saturated carbocycles. The molecule has 0 aliphatic rings. The number of nitrogens with one attached hydrogen (secondary N) is 1. The number of rotatable bonds is 4. The Morgan fingerprint density at radius 3 is 2.52 bits per heavy atom. The maximum atomic E-state index is 13.1. The molecule has 0 fully saturated rings. The van der Waals surface area contributed by atoms with Crippen molar-refractivity contribution in [2.45, 2.75) is 0 Å². The Hall–Kier alpha value is -1.60. The van der Waals surface area contributed by atoms with Crippen molar-refractivity contribution in [3.8, 4) is 5.75 Å². The van der Waals surface area contributed by atoms with Crippen LogP contribution in [0.4, 0.5) is 15.8 Å². The molecule has 1 amide bonds. The predicted molar refractivity (Wildman–Crippen MR) is 86.8 cm³/mol. The average Bonchev–Trinajstić information content (AvgIpc) is 2.40. The Morgan fingerprint density at radius 2 is 1.90 bits per heavy atom. The molecule has 7 heteroatoms. The van der Waals surface area contributed by atoms with Gasteiger partial charge in [-0.1, -0.05) is 15.9 Å². The normalized spacial score (nSPS) is 10.2. The van der Waals surface area contributed by atoms with Gasteiger partial charge in [0.25, 0.3) is 5.91 Å². The van der Waals surface area contributed by atoms with Crippen molar-refractivity contribution in [1.29, 1.82) is 0 Å². The molecule has 0 atom stereocenters. The van der Waals surface area contributed by atoms with Gasteiger partial charge >= 0.3 is 0 Å². The molecule has 110 valence electrons. The van der Waals surface area contributed by atoms with Crippen LogP contribution in [0.1, 0.15) is 0 Å². The zero-order valence-electron chi connectivity index (χ0n) is 10.7. The van der Waals surface area contributed by atoms with E-state index in [2.05, 4.69) is 37.2 Å². The summed E-state index contributed by atoms with van der Waals surface area (Å²) < 4.78 is 19.7. The average molecular weight is 418 g/mol. The number of ether oxygens (including phenoxy) is 1. The number of hydrogen-bond donors (Lipinski definition) is 2. The van der Waals surface area contributed by atoms with Crippen LogP contribution in [0, 0.1) is 5.82 Å². The number of amides is 1. The summed E-state index contributed by atoms with van der Waals surface area (Å²) >= 11 is 6.45. The molecule has 4 nitrogen and oxygen atoms in total. The first-order valence-electron chi connectivity index (χ1n) is 5.88. The zero-order valence-corrected chi connectivity index (χ0v) is 13.9. The fraction of sp³-hybridized carbons (Fsp3) is 0.0714. The highest BCUT2D eigenvalue weighted by Crippen LogP contribution is 2.32. The van der Waals surface area contributed by atoms with E-state index >= 15 is 0 Å². The molecule has 0 saturated heterocycles. The molecule has 0 aromatic heterocycles. The van der Waals surface area contributed by atoms with Crippen LogP contribution in [0.15, 0.2) is 45.3 Å². The number of carbonyl (C=O) groups excluding carboxylic acids is 1. The van der Waals surface area contributed by atoms with Crippen LogP contribution in [0.2, 0.25) is 0 Å². The van der Waals surface area contributed by atoms with Crippen molar-refractivity contribution < 1.29 is 13.9 Å². The van der Waals surface area contributed by atoms with Crippen LogP contribution >= 0.6 is 31.9 Å². The summed E-state index contributed by atoms with van der Waals surface area (Å²) in [4.78, 5) is 11.8. The quantitative estimate of drug-likeness (QED) is 0.740. The van der Waals surface area contributed by atoms with E-state index in [1.807, 2.05) is 12.1 Å². The lowest BCUT2D eigenvalue weighted by molar-refractivity contribution is -0.118. The minimum atomic E-state index is -0.481. The van der Waals surface area contributed by atoms with Crippen molar-refractivity contribution in [3.63, 3.8) is 0 Å². The van der Waals surface area contributed by atoms with Crippen molar-refractivity contribution in [2.75, 3.05) is 17.7 Å². The molecule has 0 heterocycles. The Bertz CT molecular complexity index is 640. The summed E-state index contributed by atoms with van der Waals surface area (Å²) in [6.45, 7) is -0.232. The summed E-state index contributed by atoms with van der Waals surface area (Å²) in [5.41, 5.74) is 6.42. The molecular formula is C14H11Br2FN2O2. The molecule has 0 aliphatic carbocycles. The van der Waals surface area contributed by atoms with E-state index in [-0.39, 0.29) is 24.0 Å².